The van der Waals surface area contributed by atoms with Gasteiger partial charge in [0.1, 0.15) is 0 Å². The zero-order valence-corrected chi connectivity index (χ0v) is 11.2. The fraction of sp³-hybridized carbons (Fsp3) is 0.917. The van der Waals surface area contributed by atoms with E-state index in [0.717, 1.165) is 0 Å². The first-order chi connectivity index (χ1) is 6.59. The lowest BCUT2D eigenvalue weighted by Gasteiger charge is -2.37. The summed E-state index contributed by atoms with van der Waals surface area (Å²) in [5.74, 6) is 0.222. The summed E-state index contributed by atoms with van der Waals surface area (Å²) in [4.78, 5) is 13.7. The molecule has 0 bridgehead atoms. The highest BCUT2D eigenvalue weighted by atomic mass is 16.2. The smallest absolute Gasteiger partial charge is 0.239 e. The topological polar surface area (TPSA) is 46.3 Å². The maximum atomic E-state index is 12.0. The van der Waals surface area contributed by atoms with Crippen LogP contribution in [0.1, 0.15) is 41.5 Å². The molecule has 15 heavy (non-hydrogen) atoms. The maximum absolute atomic E-state index is 12.0. The highest BCUT2D eigenvalue weighted by Crippen LogP contribution is 2.23. The lowest BCUT2D eigenvalue weighted by Crippen LogP contribution is -2.51. The van der Waals surface area contributed by atoms with Crippen LogP contribution in [0.5, 0.6) is 0 Å². The van der Waals surface area contributed by atoms with Gasteiger partial charge in [-0.1, -0.05) is 34.6 Å². The normalized spacial score (nSPS) is 16.3. The number of rotatable bonds is 3. The van der Waals surface area contributed by atoms with Crippen LogP contribution < -0.4 is 5.73 Å². The first-order valence-corrected chi connectivity index (χ1v) is 5.61. The Hall–Kier alpha value is -0.570. The minimum absolute atomic E-state index is 0.0347. The number of hydrogen-bond acceptors (Lipinski definition) is 2. The zero-order valence-electron chi connectivity index (χ0n) is 11.2. The van der Waals surface area contributed by atoms with Crippen LogP contribution in [0.25, 0.3) is 0 Å². The van der Waals surface area contributed by atoms with Crippen LogP contribution in [0.2, 0.25) is 0 Å². The minimum atomic E-state index is -0.389. The van der Waals surface area contributed by atoms with Gasteiger partial charge in [-0.15, -0.1) is 0 Å². The van der Waals surface area contributed by atoms with Crippen molar-refractivity contribution in [2.24, 2.45) is 17.1 Å². The molecule has 3 nitrogen and oxygen atoms in total. The summed E-state index contributed by atoms with van der Waals surface area (Å²) in [6, 6.07) is -0.199. The zero-order chi connectivity index (χ0) is 12.4. The number of carbonyl (C=O) groups is 1. The molecule has 0 spiro atoms. The van der Waals surface area contributed by atoms with Crippen LogP contribution in [-0.2, 0) is 4.79 Å². The quantitative estimate of drug-likeness (QED) is 0.779. The highest BCUT2D eigenvalue weighted by Gasteiger charge is 2.30. The summed E-state index contributed by atoms with van der Waals surface area (Å²) in [5.41, 5.74) is 5.94. The Kier molecular flexibility index (Phi) is 4.78. The monoisotopic (exact) mass is 214 g/mol. The van der Waals surface area contributed by atoms with Crippen molar-refractivity contribution in [2.75, 3.05) is 7.05 Å². The molecular weight excluding hydrogens is 188 g/mol. The van der Waals surface area contributed by atoms with Crippen molar-refractivity contribution in [3.8, 4) is 0 Å². The predicted molar refractivity (Wildman–Crippen MR) is 64.5 cm³/mol. The average Bonchev–Trinajstić information content (AvgIpc) is 2.11. The first-order valence-electron chi connectivity index (χ1n) is 5.61. The van der Waals surface area contributed by atoms with Gasteiger partial charge in [-0.25, -0.2) is 0 Å². The Morgan fingerprint density at radius 1 is 1.20 bits per heavy atom. The van der Waals surface area contributed by atoms with Gasteiger partial charge >= 0.3 is 0 Å². The molecule has 0 aromatic heterocycles. The fourth-order valence-corrected chi connectivity index (χ4v) is 1.29. The third-order valence-corrected chi connectivity index (χ3v) is 3.19. The number of likely N-dealkylation sites (N-methyl/N-ethyl adjacent to an activating group) is 1. The lowest BCUT2D eigenvalue weighted by atomic mass is 9.86. The van der Waals surface area contributed by atoms with Crippen molar-refractivity contribution in [2.45, 2.75) is 53.6 Å². The van der Waals surface area contributed by atoms with E-state index in [0.29, 0.717) is 0 Å². The Morgan fingerprint density at radius 3 is 1.87 bits per heavy atom. The standard InChI is InChI=1S/C12H26N2O/c1-8(2)10(13)11(15)14(7)9(3)12(4,5)6/h8-10H,13H2,1-7H3/t9?,10-/m0/s1. The Labute approximate surface area is 94.0 Å². The summed E-state index contributed by atoms with van der Waals surface area (Å²) in [5, 5.41) is 0. The van der Waals surface area contributed by atoms with E-state index in [9.17, 15) is 4.79 Å². The maximum Gasteiger partial charge on any atom is 0.239 e. The van der Waals surface area contributed by atoms with Gasteiger partial charge in [0, 0.05) is 13.1 Å². The van der Waals surface area contributed by atoms with E-state index < -0.39 is 0 Å². The summed E-state index contributed by atoms with van der Waals surface area (Å²) in [7, 11) is 1.83. The molecule has 0 saturated heterocycles. The molecule has 0 aromatic carbocycles. The van der Waals surface area contributed by atoms with E-state index in [2.05, 4.69) is 27.7 Å². The van der Waals surface area contributed by atoms with E-state index in [1.54, 1.807) is 4.90 Å². The van der Waals surface area contributed by atoms with Gasteiger partial charge in [0.25, 0.3) is 0 Å². The van der Waals surface area contributed by atoms with Crippen LogP contribution >= 0.6 is 0 Å². The minimum Gasteiger partial charge on any atom is -0.341 e. The molecule has 0 heterocycles. The predicted octanol–water partition coefficient (Wildman–Crippen LogP) is 1.86. The SMILES string of the molecule is CC(C)[C@H](N)C(=O)N(C)C(C)C(C)(C)C. The molecule has 0 aliphatic carbocycles. The molecule has 0 rings (SSSR count). The summed E-state index contributed by atoms with van der Waals surface area (Å²) in [6.07, 6.45) is 0. The van der Waals surface area contributed by atoms with Crippen molar-refractivity contribution >= 4 is 5.91 Å². The second kappa shape index (κ2) is 4.97. The molecular formula is C12H26N2O. The third kappa shape index (κ3) is 3.82. The fourth-order valence-electron chi connectivity index (χ4n) is 1.29. The molecule has 0 aromatic rings. The summed E-state index contributed by atoms with van der Waals surface area (Å²) < 4.78 is 0. The molecule has 0 radical (unpaired) electrons. The van der Waals surface area contributed by atoms with Crippen LogP contribution in [-0.4, -0.2) is 29.9 Å². The molecule has 0 aliphatic rings. The van der Waals surface area contributed by atoms with Gasteiger partial charge in [0.15, 0.2) is 0 Å². The van der Waals surface area contributed by atoms with Crippen molar-refractivity contribution in [3.05, 3.63) is 0 Å². The molecule has 0 saturated carbocycles. The van der Waals surface area contributed by atoms with Crippen molar-refractivity contribution in [1.82, 2.24) is 4.90 Å². The average molecular weight is 214 g/mol. The summed E-state index contributed by atoms with van der Waals surface area (Å²) >= 11 is 0. The number of amides is 1. The molecule has 0 aliphatic heterocycles. The van der Waals surface area contributed by atoms with Crippen LogP contribution in [0.3, 0.4) is 0 Å². The number of nitrogens with two attached hydrogens (primary N) is 1. The van der Waals surface area contributed by atoms with Gasteiger partial charge in [-0.3, -0.25) is 4.79 Å². The largest absolute Gasteiger partial charge is 0.341 e. The van der Waals surface area contributed by atoms with Crippen LogP contribution in [0.4, 0.5) is 0 Å². The van der Waals surface area contributed by atoms with Gasteiger partial charge in [0.05, 0.1) is 6.04 Å². The second-order valence-corrected chi connectivity index (χ2v) is 5.76. The van der Waals surface area contributed by atoms with Crippen LogP contribution in [0, 0.1) is 11.3 Å². The molecule has 1 amide bonds. The van der Waals surface area contributed by atoms with Gasteiger partial charge in [-0.05, 0) is 18.3 Å². The van der Waals surface area contributed by atoms with E-state index in [-0.39, 0.29) is 29.3 Å². The van der Waals surface area contributed by atoms with Gasteiger partial charge in [-0.2, -0.15) is 0 Å². The molecule has 90 valence electrons. The van der Waals surface area contributed by atoms with Gasteiger partial charge in [0.2, 0.25) is 5.91 Å². The van der Waals surface area contributed by atoms with E-state index in [1.807, 2.05) is 20.9 Å². The first kappa shape index (κ1) is 14.4. The van der Waals surface area contributed by atoms with Crippen LogP contribution in [0.15, 0.2) is 0 Å². The van der Waals surface area contributed by atoms with Crippen molar-refractivity contribution in [1.29, 1.82) is 0 Å². The Bertz CT molecular complexity index is 218. The third-order valence-electron chi connectivity index (χ3n) is 3.19. The van der Waals surface area contributed by atoms with Gasteiger partial charge < -0.3 is 10.6 Å². The molecule has 2 N–H and O–H groups in total. The number of nitrogens with zero attached hydrogens (tertiary/aromatic N) is 1. The highest BCUT2D eigenvalue weighted by molar-refractivity contribution is 5.82. The molecule has 0 fully saturated rings. The van der Waals surface area contributed by atoms with E-state index >= 15 is 0 Å². The summed E-state index contributed by atoms with van der Waals surface area (Å²) in [6.45, 7) is 12.4. The lowest BCUT2D eigenvalue weighted by molar-refractivity contribution is -0.136. The number of carbonyl (C=O) groups excluding carboxylic acids is 1. The molecule has 1 unspecified atom stereocenters. The van der Waals surface area contributed by atoms with E-state index in [1.165, 1.54) is 0 Å². The van der Waals surface area contributed by atoms with Crippen molar-refractivity contribution in [3.63, 3.8) is 0 Å². The van der Waals surface area contributed by atoms with E-state index in [4.69, 9.17) is 5.73 Å². The molecule has 2 atom stereocenters. The Balaban J connectivity index is 4.59. The van der Waals surface area contributed by atoms with Crippen molar-refractivity contribution < 1.29 is 4.79 Å². The second-order valence-electron chi connectivity index (χ2n) is 5.76. The molecule has 3 heteroatoms. The Morgan fingerprint density at radius 2 is 1.60 bits per heavy atom. The number of hydrogen-bond donors (Lipinski definition) is 1.